The first kappa shape index (κ1) is 24.2. The number of urea groups is 1. The number of carbonyl (C=O) groups excluding carboxylic acids is 2. The van der Waals surface area contributed by atoms with Crippen LogP contribution in [0.1, 0.15) is 25.8 Å². The molecule has 3 amide bonds. The standard InChI is InChI=1S/C19H26F3N5O4/c1-3-24(4-2)18(29)26-11-9-25(10-12-26)17(28)7-8-23-15-6-5-14(19(20,21)22)13-16(15)27(30)31/h5-6,13,23H,3-4,7-12H2,1-2H3. The Morgan fingerprint density at radius 2 is 1.71 bits per heavy atom. The third-order valence-electron chi connectivity index (χ3n) is 5.11. The molecule has 1 heterocycles. The molecule has 0 radical (unpaired) electrons. The normalized spacial score (nSPS) is 14.4. The molecule has 1 aromatic carbocycles. The highest BCUT2D eigenvalue weighted by Gasteiger charge is 2.33. The minimum absolute atomic E-state index is 0.0160. The number of anilines is 1. The van der Waals surface area contributed by atoms with Crippen LogP contribution in [-0.2, 0) is 11.0 Å². The first-order valence-corrected chi connectivity index (χ1v) is 9.99. The van der Waals surface area contributed by atoms with Crippen LogP contribution in [0.4, 0.5) is 29.3 Å². The Morgan fingerprint density at radius 3 is 2.23 bits per heavy atom. The van der Waals surface area contributed by atoms with Crippen molar-refractivity contribution < 1.29 is 27.7 Å². The number of benzene rings is 1. The first-order valence-electron chi connectivity index (χ1n) is 9.99. The largest absolute Gasteiger partial charge is 0.416 e. The highest BCUT2D eigenvalue weighted by atomic mass is 19.4. The summed E-state index contributed by atoms with van der Waals surface area (Å²) in [4.78, 5) is 40.0. The molecule has 2 rings (SSSR count). The number of amides is 3. The van der Waals surface area contributed by atoms with E-state index in [1.807, 2.05) is 13.8 Å². The second-order valence-corrected chi connectivity index (χ2v) is 6.99. The fourth-order valence-corrected chi connectivity index (χ4v) is 3.31. The fraction of sp³-hybridized carbons (Fsp3) is 0.579. The van der Waals surface area contributed by atoms with E-state index in [0.29, 0.717) is 45.3 Å². The maximum atomic E-state index is 12.8. The predicted octanol–water partition coefficient (Wildman–Crippen LogP) is 3.02. The summed E-state index contributed by atoms with van der Waals surface area (Å²) in [6.45, 7) is 6.64. The van der Waals surface area contributed by atoms with E-state index in [1.54, 1.807) is 14.7 Å². The SMILES string of the molecule is CCN(CC)C(=O)N1CCN(C(=O)CCNc2ccc(C(F)(F)F)cc2[N+](=O)[O-])CC1. The molecular weight excluding hydrogens is 419 g/mol. The molecule has 0 unspecified atom stereocenters. The number of hydrogen-bond donors (Lipinski definition) is 1. The first-order chi connectivity index (χ1) is 14.6. The van der Waals surface area contributed by atoms with Crippen molar-refractivity contribution in [2.75, 3.05) is 51.1 Å². The van der Waals surface area contributed by atoms with Gasteiger partial charge in [-0.25, -0.2) is 4.79 Å². The van der Waals surface area contributed by atoms with Gasteiger partial charge in [-0.2, -0.15) is 13.2 Å². The Kier molecular flexibility index (Phi) is 8.06. The summed E-state index contributed by atoms with van der Waals surface area (Å²) < 4.78 is 38.3. The molecule has 12 heteroatoms. The molecule has 0 saturated carbocycles. The number of alkyl halides is 3. The second-order valence-electron chi connectivity index (χ2n) is 6.99. The molecular formula is C19H26F3N5O4. The van der Waals surface area contributed by atoms with Crippen LogP contribution in [0, 0.1) is 10.1 Å². The Morgan fingerprint density at radius 1 is 1.13 bits per heavy atom. The zero-order valence-electron chi connectivity index (χ0n) is 17.4. The number of nitrogens with one attached hydrogen (secondary N) is 1. The molecule has 0 aliphatic carbocycles. The lowest BCUT2D eigenvalue weighted by molar-refractivity contribution is -0.384. The number of nitrogens with zero attached hydrogens (tertiary/aromatic N) is 4. The Bertz CT molecular complexity index is 806. The Labute approximate surface area is 177 Å². The molecule has 0 aromatic heterocycles. The van der Waals surface area contributed by atoms with Crippen molar-refractivity contribution in [1.82, 2.24) is 14.7 Å². The van der Waals surface area contributed by atoms with Gasteiger partial charge in [0, 0.05) is 58.3 Å². The third-order valence-corrected chi connectivity index (χ3v) is 5.11. The predicted molar refractivity (Wildman–Crippen MR) is 108 cm³/mol. The van der Waals surface area contributed by atoms with Gasteiger partial charge in [0.25, 0.3) is 5.69 Å². The van der Waals surface area contributed by atoms with E-state index in [4.69, 9.17) is 0 Å². The van der Waals surface area contributed by atoms with E-state index in [-0.39, 0.29) is 30.6 Å². The van der Waals surface area contributed by atoms with Crippen molar-refractivity contribution in [2.24, 2.45) is 0 Å². The van der Waals surface area contributed by atoms with Gasteiger partial charge in [0.2, 0.25) is 5.91 Å². The molecule has 0 spiro atoms. The van der Waals surface area contributed by atoms with Crippen LogP contribution in [0.3, 0.4) is 0 Å². The Hall–Kier alpha value is -3.05. The molecule has 1 fully saturated rings. The molecule has 1 aliphatic rings. The van der Waals surface area contributed by atoms with E-state index < -0.39 is 22.4 Å². The zero-order chi connectivity index (χ0) is 23.2. The second kappa shape index (κ2) is 10.3. The molecule has 0 atom stereocenters. The van der Waals surface area contributed by atoms with Crippen molar-refractivity contribution in [3.05, 3.63) is 33.9 Å². The summed E-state index contributed by atoms with van der Waals surface area (Å²) in [6.07, 6.45) is -4.67. The summed E-state index contributed by atoms with van der Waals surface area (Å²) >= 11 is 0. The third kappa shape index (κ3) is 6.22. The van der Waals surface area contributed by atoms with Crippen LogP contribution < -0.4 is 5.32 Å². The number of piperazine rings is 1. The van der Waals surface area contributed by atoms with Crippen molar-refractivity contribution in [1.29, 1.82) is 0 Å². The smallest absolute Gasteiger partial charge is 0.379 e. The molecule has 1 N–H and O–H groups in total. The lowest BCUT2D eigenvalue weighted by Crippen LogP contribution is -2.54. The number of halogens is 3. The molecule has 0 bridgehead atoms. The Balaban J connectivity index is 1.88. The van der Waals surface area contributed by atoms with Gasteiger partial charge in [-0.1, -0.05) is 0 Å². The van der Waals surface area contributed by atoms with Gasteiger partial charge in [-0.05, 0) is 26.0 Å². The maximum absolute atomic E-state index is 12.8. The van der Waals surface area contributed by atoms with Crippen LogP contribution in [0.15, 0.2) is 18.2 Å². The molecule has 172 valence electrons. The van der Waals surface area contributed by atoms with Crippen LogP contribution in [0.25, 0.3) is 0 Å². The topological polar surface area (TPSA) is 99.0 Å². The molecule has 1 aromatic rings. The van der Waals surface area contributed by atoms with Gasteiger partial charge in [-0.3, -0.25) is 14.9 Å². The maximum Gasteiger partial charge on any atom is 0.416 e. The summed E-state index contributed by atoms with van der Waals surface area (Å²) in [5.74, 6) is -0.197. The van der Waals surface area contributed by atoms with Crippen LogP contribution in [0.2, 0.25) is 0 Å². The lowest BCUT2D eigenvalue weighted by atomic mass is 10.1. The highest BCUT2D eigenvalue weighted by molar-refractivity contribution is 5.78. The van der Waals surface area contributed by atoms with Gasteiger partial charge in [0.1, 0.15) is 5.69 Å². The van der Waals surface area contributed by atoms with Crippen LogP contribution in [0.5, 0.6) is 0 Å². The van der Waals surface area contributed by atoms with Crippen molar-refractivity contribution in [3.8, 4) is 0 Å². The number of rotatable bonds is 7. The lowest BCUT2D eigenvalue weighted by Gasteiger charge is -2.37. The number of hydrogen-bond acceptors (Lipinski definition) is 5. The van der Waals surface area contributed by atoms with Gasteiger partial charge < -0.3 is 20.0 Å². The average Bonchev–Trinajstić information content (AvgIpc) is 2.73. The number of carbonyl (C=O) groups is 2. The monoisotopic (exact) mass is 445 g/mol. The van der Waals surface area contributed by atoms with Gasteiger partial charge in [0.15, 0.2) is 0 Å². The van der Waals surface area contributed by atoms with Gasteiger partial charge >= 0.3 is 12.2 Å². The van der Waals surface area contributed by atoms with E-state index >= 15 is 0 Å². The number of nitro groups is 1. The highest BCUT2D eigenvalue weighted by Crippen LogP contribution is 2.34. The molecule has 9 nitrogen and oxygen atoms in total. The average molecular weight is 445 g/mol. The minimum atomic E-state index is -4.69. The quantitative estimate of drug-likeness (QED) is 0.514. The number of nitro benzene ring substituents is 1. The fourth-order valence-electron chi connectivity index (χ4n) is 3.31. The summed E-state index contributed by atoms with van der Waals surface area (Å²) in [5, 5.41) is 13.8. The molecule has 31 heavy (non-hydrogen) atoms. The van der Waals surface area contributed by atoms with E-state index in [0.717, 1.165) is 12.1 Å². The van der Waals surface area contributed by atoms with E-state index in [2.05, 4.69) is 5.32 Å². The molecule has 1 aliphatic heterocycles. The zero-order valence-corrected chi connectivity index (χ0v) is 17.4. The molecule has 1 saturated heterocycles. The minimum Gasteiger partial charge on any atom is -0.379 e. The van der Waals surface area contributed by atoms with E-state index in [1.165, 1.54) is 0 Å². The summed E-state index contributed by atoms with van der Waals surface area (Å²) in [7, 11) is 0. The summed E-state index contributed by atoms with van der Waals surface area (Å²) in [5.41, 5.74) is -1.90. The van der Waals surface area contributed by atoms with E-state index in [9.17, 15) is 32.9 Å². The van der Waals surface area contributed by atoms with Crippen molar-refractivity contribution in [2.45, 2.75) is 26.4 Å². The van der Waals surface area contributed by atoms with Crippen LogP contribution in [-0.4, -0.2) is 77.4 Å². The van der Waals surface area contributed by atoms with Crippen molar-refractivity contribution >= 4 is 23.3 Å². The summed E-state index contributed by atoms with van der Waals surface area (Å²) in [6, 6.07) is 2.15. The van der Waals surface area contributed by atoms with Gasteiger partial charge in [-0.15, -0.1) is 0 Å². The van der Waals surface area contributed by atoms with Gasteiger partial charge in [0.05, 0.1) is 10.5 Å². The van der Waals surface area contributed by atoms with Crippen molar-refractivity contribution in [3.63, 3.8) is 0 Å². The van der Waals surface area contributed by atoms with Crippen LogP contribution >= 0.6 is 0 Å².